The third-order valence-corrected chi connectivity index (χ3v) is 5.28. The molecule has 1 saturated heterocycles. The van der Waals surface area contributed by atoms with Gasteiger partial charge in [-0.05, 0) is 32.6 Å². The molecule has 1 atom stereocenters. The van der Waals surface area contributed by atoms with Gasteiger partial charge in [0.25, 0.3) is 0 Å². The molecule has 0 spiro atoms. The van der Waals surface area contributed by atoms with E-state index in [-0.39, 0.29) is 11.8 Å². The molecule has 1 fully saturated rings. The maximum absolute atomic E-state index is 12.7. The predicted octanol–water partition coefficient (Wildman–Crippen LogP) is 3.75. The molecule has 1 aliphatic rings. The first-order valence-corrected chi connectivity index (χ1v) is 9.99. The molecule has 4 heterocycles. The molecule has 7 nitrogen and oxygen atoms in total. The smallest absolute Gasteiger partial charge is 0.222 e. The number of nitrogens with zero attached hydrogens (tertiary/aromatic N) is 5. The fraction of sp³-hybridized carbons (Fsp3) is 0.524. The number of aromatic nitrogens is 4. The molecule has 1 amide bonds. The van der Waals surface area contributed by atoms with E-state index in [9.17, 15) is 4.79 Å². The highest BCUT2D eigenvalue weighted by Crippen LogP contribution is 2.35. The minimum absolute atomic E-state index is 0.176. The van der Waals surface area contributed by atoms with Gasteiger partial charge in [-0.25, -0.2) is 9.50 Å². The number of aryl methyl sites for hydroxylation is 2. The summed E-state index contributed by atoms with van der Waals surface area (Å²) in [6.45, 7) is 9.57. The number of likely N-dealkylation sites (tertiary alicyclic amines) is 1. The van der Waals surface area contributed by atoms with Crippen molar-refractivity contribution in [1.82, 2.24) is 24.7 Å². The van der Waals surface area contributed by atoms with Crippen molar-refractivity contribution in [2.75, 3.05) is 13.1 Å². The molecule has 3 aromatic rings. The summed E-state index contributed by atoms with van der Waals surface area (Å²) < 4.78 is 7.47. The average Bonchev–Trinajstić information content (AvgIpc) is 3.25. The number of fused-ring (bicyclic) bond motifs is 1. The zero-order valence-corrected chi connectivity index (χ0v) is 17.0. The van der Waals surface area contributed by atoms with Gasteiger partial charge in [0.15, 0.2) is 11.4 Å². The second-order valence-electron chi connectivity index (χ2n) is 8.22. The molecular weight excluding hydrogens is 354 g/mol. The van der Waals surface area contributed by atoms with Gasteiger partial charge in [-0.1, -0.05) is 19.0 Å². The van der Waals surface area contributed by atoms with Crippen LogP contribution in [0.25, 0.3) is 17.0 Å². The van der Waals surface area contributed by atoms with Crippen LogP contribution in [0.3, 0.4) is 0 Å². The predicted molar refractivity (Wildman–Crippen MR) is 106 cm³/mol. The van der Waals surface area contributed by atoms with Crippen molar-refractivity contribution in [3.05, 3.63) is 35.4 Å². The van der Waals surface area contributed by atoms with Crippen molar-refractivity contribution < 1.29 is 9.32 Å². The molecular formula is C21H27N5O2. The standard InChI is InChI=1S/C21H27N5O2/c1-13(2)8-20(27)25-7-5-6-16(12-25)21-17(18-9-15(4)24-28-18)11-22-19-10-14(3)23-26(19)21/h9-11,13,16H,5-8,12H2,1-4H3/t16-/m0/s1. The molecule has 28 heavy (non-hydrogen) atoms. The van der Waals surface area contributed by atoms with Gasteiger partial charge in [-0.3, -0.25) is 4.79 Å². The average molecular weight is 381 g/mol. The third kappa shape index (κ3) is 3.53. The number of hydrogen-bond donors (Lipinski definition) is 0. The maximum atomic E-state index is 12.7. The molecule has 0 unspecified atom stereocenters. The molecule has 0 N–H and O–H groups in total. The zero-order chi connectivity index (χ0) is 19.8. The molecule has 0 radical (unpaired) electrons. The second kappa shape index (κ2) is 7.37. The van der Waals surface area contributed by atoms with Gasteiger partial charge < -0.3 is 9.42 Å². The van der Waals surface area contributed by atoms with Crippen molar-refractivity contribution in [3.63, 3.8) is 0 Å². The molecule has 0 bridgehead atoms. The fourth-order valence-electron chi connectivity index (χ4n) is 4.04. The Morgan fingerprint density at radius 2 is 2.11 bits per heavy atom. The van der Waals surface area contributed by atoms with E-state index in [1.165, 1.54) is 0 Å². The van der Waals surface area contributed by atoms with E-state index in [0.29, 0.717) is 24.6 Å². The van der Waals surface area contributed by atoms with Gasteiger partial charge in [0.05, 0.1) is 22.6 Å². The summed E-state index contributed by atoms with van der Waals surface area (Å²) in [7, 11) is 0. The Hall–Kier alpha value is -2.70. The summed E-state index contributed by atoms with van der Waals surface area (Å²) in [5.74, 6) is 1.47. The number of rotatable bonds is 4. The Bertz CT molecular complexity index is 1000. The number of carbonyl (C=O) groups is 1. The lowest BCUT2D eigenvalue weighted by Gasteiger charge is -2.34. The van der Waals surface area contributed by atoms with Gasteiger partial charge in [-0.2, -0.15) is 5.10 Å². The van der Waals surface area contributed by atoms with Crippen molar-refractivity contribution in [1.29, 1.82) is 0 Å². The summed E-state index contributed by atoms with van der Waals surface area (Å²) in [6.07, 6.45) is 4.42. The van der Waals surface area contributed by atoms with Crippen LogP contribution in [0.1, 0.15) is 56.1 Å². The lowest BCUT2D eigenvalue weighted by atomic mass is 9.90. The van der Waals surface area contributed by atoms with Crippen molar-refractivity contribution >= 4 is 11.6 Å². The first kappa shape index (κ1) is 18.7. The molecule has 3 aromatic heterocycles. The topological polar surface area (TPSA) is 76.5 Å². The number of carbonyl (C=O) groups excluding carboxylic acids is 1. The van der Waals surface area contributed by atoms with Gasteiger partial charge in [0.2, 0.25) is 5.91 Å². The molecule has 4 rings (SSSR count). The van der Waals surface area contributed by atoms with E-state index in [1.54, 1.807) is 0 Å². The summed E-state index contributed by atoms with van der Waals surface area (Å²) in [6, 6.07) is 3.90. The summed E-state index contributed by atoms with van der Waals surface area (Å²) in [5, 5.41) is 8.73. The monoisotopic (exact) mass is 381 g/mol. The van der Waals surface area contributed by atoms with E-state index in [0.717, 1.165) is 47.7 Å². The van der Waals surface area contributed by atoms with Crippen LogP contribution < -0.4 is 0 Å². The first-order chi connectivity index (χ1) is 13.4. The molecule has 1 aliphatic heterocycles. The largest absolute Gasteiger partial charge is 0.356 e. The minimum atomic E-state index is 0.176. The van der Waals surface area contributed by atoms with Crippen LogP contribution in [0.2, 0.25) is 0 Å². The van der Waals surface area contributed by atoms with Crippen LogP contribution in [0.4, 0.5) is 0 Å². The lowest BCUT2D eigenvalue weighted by Crippen LogP contribution is -2.40. The molecule has 148 valence electrons. The highest BCUT2D eigenvalue weighted by atomic mass is 16.5. The van der Waals surface area contributed by atoms with Crippen molar-refractivity contribution in [3.8, 4) is 11.3 Å². The normalized spacial score (nSPS) is 17.6. The quantitative estimate of drug-likeness (QED) is 0.688. The van der Waals surface area contributed by atoms with Crippen LogP contribution in [-0.4, -0.2) is 43.7 Å². The van der Waals surface area contributed by atoms with E-state index in [2.05, 4.69) is 29.1 Å². The number of hydrogen-bond acceptors (Lipinski definition) is 5. The summed E-state index contributed by atoms with van der Waals surface area (Å²) in [5.41, 5.74) is 4.52. The summed E-state index contributed by atoms with van der Waals surface area (Å²) in [4.78, 5) is 19.2. The van der Waals surface area contributed by atoms with Crippen molar-refractivity contribution in [2.45, 2.75) is 52.9 Å². The molecule has 0 aliphatic carbocycles. The Labute approximate surface area is 164 Å². The van der Waals surface area contributed by atoms with Crippen LogP contribution in [0.5, 0.6) is 0 Å². The Morgan fingerprint density at radius 3 is 2.82 bits per heavy atom. The number of amides is 1. The minimum Gasteiger partial charge on any atom is -0.356 e. The highest BCUT2D eigenvalue weighted by Gasteiger charge is 2.30. The van der Waals surface area contributed by atoms with Crippen LogP contribution in [-0.2, 0) is 4.79 Å². The Balaban J connectivity index is 1.76. The van der Waals surface area contributed by atoms with Gasteiger partial charge >= 0.3 is 0 Å². The third-order valence-electron chi connectivity index (χ3n) is 5.28. The number of piperidine rings is 1. The molecule has 7 heteroatoms. The van der Waals surface area contributed by atoms with E-state index < -0.39 is 0 Å². The molecule has 0 aromatic carbocycles. The first-order valence-electron chi connectivity index (χ1n) is 9.99. The Kier molecular flexibility index (Phi) is 4.91. The van der Waals surface area contributed by atoms with Gasteiger partial charge in [-0.15, -0.1) is 0 Å². The SMILES string of the molecule is Cc1cc(-c2cnc3cc(C)nn3c2[C@H]2CCCN(C(=O)CC(C)C)C2)on1. The van der Waals surface area contributed by atoms with E-state index in [4.69, 9.17) is 4.52 Å². The van der Waals surface area contributed by atoms with Crippen LogP contribution >= 0.6 is 0 Å². The zero-order valence-electron chi connectivity index (χ0n) is 17.0. The molecule has 0 saturated carbocycles. The van der Waals surface area contributed by atoms with E-state index in [1.807, 2.05) is 41.6 Å². The van der Waals surface area contributed by atoms with E-state index >= 15 is 0 Å². The lowest BCUT2D eigenvalue weighted by molar-refractivity contribution is -0.133. The Morgan fingerprint density at radius 1 is 1.29 bits per heavy atom. The van der Waals surface area contributed by atoms with Crippen LogP contribution in [0.15, 0.2) is 22.9 Å². The maximum Gasteiger partial charge on any atom is 0.222 e. The van der Waals surface area contributed by atoms with Gasteiger partial charge in [0, 0.05) is 43.8 Å². The summed E-state index contributed by atoms with van der Waals surface area (Å²) >= 11 is 0. The van der Waals surface area contributed by atoms with Crippen LogP contribution in [0, 0.1) is 19.8 Å². The fourth-order valence-corrected chi connectivity index (χ4v) is 4.04. The van der Waals surface area contributed by atoms with Gasteiger partial charge in [0.1, 0.15) is 0 Å². The second-order valence-corrected chi connectivity index (χ2v) is 8.22. The highest BCUT2D eigenvalue weighted by molar-refractivity contribution is 5.76. The van der Waals surface area contributed by atoms with Crippen molar-refractivity contribution in [2.24, 2.45) is 5.92 Å².